The highest BCUT2D eigenvalue weighted by Crippen LogP contribution is 2.30. The normalized spacial score (nSPS) is 19.1. The van der Waals surface area contributed by atoms with Crippen molar-refractivity contribution in [2.75, 3.05) is 25.4 Å². The fourth-order valence-electron chi connectivity index (χ4n) is 3.21. The number of benzene rings is 1. The number of rotatable bonds is 7. The molecule has 152 valence electrons. The molecule has 0 bridgehead atoms. The highest BCUT2D eigenvalue weighted by Gasteiger charge is 2.26. The summed E-state index contributed by atoms with van der Waals surface area (Å²) in [7, 11) is 0. The quantitative estimate of drug-likeness (QED) is 0.314. The van der Waals surface area contributed by atoms with Gasteiger partial charge in [-0.3, -0.25) is 24.5 Å². The molecular weight excluding hydrogens is 386 g/mol. The maximum atomic E-state index is 12.2. The van der Waals surface area contributed by atoms with E-state index < -0.39 is 16.8 Å². The van der Waals surface area contributed by atoms with Crippen molar-refractivity contribution in [3.63, 3.8) is 0 Å². The van der Waals surface area contributed by atoms with Crippen molar-refractivity contribution in [3.05, 3.63) is 33.9 Å². The molecule has 1 aromatic rings. The zero-order valence-corrected chi connectivity index (χ0v) is 16.6. The van der Waals surface area contributed by atoms with Crippen LogP contribution in [-0.4, -0.2) is 53.1 Å². The molecule has 10 heteroatoms. The number of esters is 1. The van der Waals surface area contributed by atoms with E-state index in [-0.39, 0.29) is 34.4 Å². The van der Waals surface area contributed by atoms with E-state index >= 15 is 0 Å². The Hall–Kier alpha value is -2.62. The standard InChI is InChI=1S/C18H23N3O6S/c1-11-5-12(2)8-20(7-11)16(22)9-27-17(23)10-28-15-4-3-13(18(19)24)6-14(15)21(25)26/h3-4,6,11-12H,5,7-10H2,1-2H3,(H2,19,24)/t11-,12-/m1/s1. The van der Waals surface area contributed by atoms with Gasteiger partial charge < -0.3 is 15.4 Å². The fraction of sp³-hybridized carbons (Fsp3) is 0.500. The number of carbonyl (C=O) groups is 3. The topological polar surface area (TPSA) is 133 Å². The third-order valence-electron chi connectivity index (χ3n) is 4.36. The number of hydrogen-bond donors (Lipinski definition) is 1. The molecule has 1 saturated heterocycles. The van der Waals surface area contributed by atoms with Gasteiger partial charge in [0.05, 0.1) is 15.6 Å². The zero-order valence-electron chi connectivity index (χ0n) is 15.8. The third kappa shape index (κ3) is 5.95. The molecule has 1 aliphatic heterocycles. The molecule has 2 amide bonds. The molecule has 0 aromatic heterocycles. The van der Waals surface area contributed by atoms with Gasteiger partial charge in [-0.2, -0.15) is 0 Å². The third-order valence-corrected chi connectivity index (χ3v) is 5.40. The first-order valence-electron chi connectivity index (χ1n) is 8.81. The lowest BCUT2D eigenvalue weighted by Gasteiger charge is -2.34. The molecule has 0 spiro atoms. The molecule has 0 unspecified atom stereocenters. The van der Waals surface area contributed by atoms with Gasteiger partial charge in [0.15, 0.2) is 6.61 Å². The summed E-state index contributed by atoms with van der Waals surface area (Å²) < 4.78 is 5.02. The summed E-state index contributed by atoms with van der Waals surface area (Å²) in [6, 6.07) is 3.78. The van der Waals surface area contributed by atoms with E-state index in [4.69, 9.17) is 10.5 Å². The number of hydrogen-bond acceptors (Lipinski definition) is 7. The van der Waals surface area contributed by atoms with Gasteiger partial charge in [-0.05, 0) is 30.4 Å². The zero-order chi connectivity index (χ0) is 20.8. The van der Waals surface area contributed by atoms with Crippen LogP contribution in [0, 0.1) is 22.0 Å². The minimum atomic E-state index is -0.779. The van der Waals surface area contributed by atoms with Crippen LogP contribution in [0.3, 0.4) is 0 Å². The Morgan fingerprint density at radius 2 is 1.93 bits per heavy atom. The molecule has 1 fully saturated rings. The van der Waals surface area contributed by atoms with Gasteiger partial charge >= 0.3 is 5.97 Å². The number of thioether (sulfide) groups is 1. The monoisotopic (exact) mass is 409 g/mol. The second-order valence-electron chi connectivity index (χ2n) is 7.00. The lowest BCUT2D eigenvalue weighted by Crippen LogP contribution is -2.44. The van der Waals surface area contributed by atoms with Crippen molar-refractivity contribution in [3.8, 4) is 0 Å². The summed E-state index contributed by atoms with van der Waals surface area (Å²) in [6.07, 6.45) is 1.06. The van der Waals surface area contributed by atoms with E-state index in [2.05, 4.69) is 13.8 Å². The van der Waals surface area contributed by atoms with Crippen molar-refractivity contribution in [1.29, 1.82) is 0 Å². The maximum Gasteiger partial charge on any atom is 0.316 e. The molecule has 28 heavy (non-hydrogen) atoms. The average molecular weight is 409 g/mol. The van der Waals surface area contributed by atoms with Crippen LogP contribution in [0.25, 0.3) is 0 Å². The van der Waals surface area contributed by atoms with Crippen LogP contribution in [0.15, 0.2) is 23.1 Å². The Bertz CT molecular complexity index is 775. The minimum Gasteiger partial charge on any atom is -0.455 e. The smallest absolute Gasteiger partial charge is 0.316 e. The number of amides is 2. The largest absolute Gasteiger partial charge is 0.455 e. The summed E-state index contributed by atoms with van der Waals surface area (Å²) in [6.45, 7) is 5.10. The first kappa shape index (κ1) is 21.7. The SMILES string of the molecule is C[C@@H]1C[C@@H](C)CN(C(=O)COC(=O)CSc2ccc(C(N)=O)cc2[N+](=O)[O-])C1. The Kier molecular flexibility index (Phi) is 7.38. The van der Waals surface area contributed by atoms with Crippen LogP contribution in [-0.2, 0) is 14.3 Å². The molecular formula is C18H23N3O6S. The van der Waals surface area contributed by atoms with E-state index in [1.165, 1.54) is 12.1 Å². The van der Waals surface area contributed by atoms with Gasteiger partial charge in [0.25, 0.3) is 11.6 Å². The number of likely N-dealkylation sites (tertiary alicyclic amines) is 1. The van der Waals surface area contributed by atoms with Crippen LogP contribution >= 0.6 is 11.8 Å². The molecule has 0 saturated carbocycles. The van der Waals surface area contributed by atoms with Gasteiger partial charge in [-0.15, -0.1) is 11.8 Å². The van der Waals surface area contributed by atoms with Crippen LogP contribution in [0.4, 0.5) is 5.69 Å². The molecule has 2 N–H and O–H groups in total. The van der Waals surface area contributed by atoms with E-state index in [1.807, 2.05) is 0 Å². The second-order valence-corrected chi connectivity index (χ2v) is 8.02. The molecule has 1 aliphatic rings. The molecule has 1 aromatic carbocycles. The number of ether oxygens (including phenoxy) is 1. The van der Waals surface area contributed by atoms with Crippen LogP contribution < -0.4 is 5.73 Å². The molecule has 2 rings (SSSR count). The molecule has 1 heterocycles. The maximum absolute atomic E-state index is 12.2. The van der Waals surface area contributed by atoms with E-state index in [9.17, 15) is 24.5 Å². The van der Waals surface area contributed by atoms with Gasteiger partial charge in [0.2, 0.25) is 5.91 Å². The van der Waals surface area contributed by atoms with Gasteiger partial charge in [-0.25, -0.2) is 0 Å². The molecule has 0 aliphatic carbocycles. The number of carbonyl (C=O) groups excluding carboxylic acids is 3. The fourth-order valence-corrected chi connectivity index (χ4v) is 4.02. The summed E-state index contributed by atoms with van der Waals surface area (Å²) in [4.78, 5) is 47.7. The number of nitrogens with zero attached hydrogens (tertiary/aromatic N) is 2. The van der Waals surface area contributed by atoms with Crippen molar-refractivity contribution < 1.29 is 24.0 Å². The summed E-state index contributed by atoms with van der Waals surface area (Å²) in [5.74, 6) is -1.06. The number of primary amides is 1. The lowest BCUT2D eigenvalue weighted by atomic mass is 9.92. The van der Waals surface area contributed by atoms with Crippen LogP contribution in [0.5, 0.6) is 0 Å². The molecule has 9 nitrogen and oxygen atoms in total. The van der Waals surface area contributed by atoms with Crippen molar-refractivity contribution >= 4 is 35.2 Å². The van der Waals surface area contributed by atoms with Gasteiger partial charge in [-0.1, -0.05) is 13.8 Å². The first-order valence-corrected chi connectivity index (χ1v) is 9.80. The van der Waals surface area contributed by atoms with E-state index in [1.54, 1.807) is 4.90 Å². The highest BCUT2D eigenvalue weighted by atomic mass is 32.2. The Morgan fingerprint density at radius 3 is 2.50 bits per heavy atom. The lowest BCUT2D eigenvalue weighted by molar-refractivity contribution is -0.387. The predicted molar refractivity (Wildman–Crippen MR) is 103 cm³/mol. The Morgan fingerprint density at radius 1 is 1.29 bits per heavy atom. The van der Waals surface area contributed by atoms with Crippen molar-refractivity contribution in [2.24, 2.45) is 17.6 Å². The highest BCUT2D eigenvalue weighted by molar-refractivity contribution is 8.00. The number of nitro groups is 1. The number of nitro benzene ring substituents is 1. The van der Waals surface area contributed by atoms with Crippen molar-refractivity contribution in [2.45, 2.75) is 25.2 Å². The molecule has 0 radical (unpaired) electrons. The van der Waals surface area contributed by atoms with Crippen molar-refractivity contribution in [1.82, 2.24) is 4.90 Å². The van der Waals surface area contributed by atoms with Crippen LogP contribution in [0.2, 0.25) is 0 Å². The number of piperidine rings is 1. The Labute approximate surface area is 166 Å². The van der Waals surface area contributed by atoms with E-state index in [0.717, 1.165) is 24.2 Å². The van der Waals surface area contributed by atoms with Crippen LogP contribution in [0.1, 0.15) is 30.6 Å². The minimum absolute atomic E-state index is 0.00853. The molecule has 2 atom stereocenters. The number of nitrogens with two attached hydrogens (primary N) is 1. The van der Waals surface area contributed by atoms with E-state index in [0.29, 0.717) is 24.9 Å². The van der Waals surface area contributed by atoms with Gasteiger partial charge in [0, 0.05) is 24.7 Å². The summed E-state index contributed by atoms with van der Waals surface area (Å²) >= 11 is 0.899. The second kappa shape index (κ2) is 9.54. The average Bonchev–Trinajstić information content (AvgIpc) is 2.63. The van der Waals surface area contributed by atoms with Gasteiger partial charge in [0.1, 0.15) is 0 Å². The first-order chi connectivity index (χ1) is 13.2. The predicted octanol–water partition coefficient (Wildman–Crippen LogP) is 1.83. The summed E-state index contributed by atoms with van der Waals surface area (Å²) in [5.41, 5.74) is 4.81. The Balaban J connectivity index is 1.88. The summed E-state index contributed by atoms with van der Waals surface area (Å²) in [5, 5.41) is 11.2.